The van der Waals surface area contributed by atoms with Crippen LogP contribution in [0.2, 0.25) is 0 Å². The molecule has 3 fully saturated rings. The summed E-state index contributed by atoms with van der Waals surface area (Å²) in [4.78, 5) is 22.2. The number of likely N-dealkylation sites (tertiary alicyclic amines) is 2. The number of hydrogen-bond donors (Lipinski definition) is 2. The summed E-state index contributed by atoms with van der Waals surface area (Å²) in [5.74, 6) is 1.54. The third-order valence-electron chi connectivity index (χ3n) is 9.11. The van der Waals surface area contributed by atoms with Crippen LogP contribution in [0.5, 0.6) is 11.6 Å². The molecule has 0 spiro atoms. The number of phenolic OH excluding ortho intramolecular Hbond substituents is 1. The predicted molar refractivity (Wildman–Crippen MR) is 131 cm³/mol. The maximum absolute atomic E-state index is 13.4. The summed E-state index contributed by atoms with van der Waals surface area (Å²) >= 11 is 0. The quantitative estimate of drug-likeness (QED) is 0.689. The van der Waals surface area contributed by atoms with E-state index in [1.807, 2.05) is 29.2 Å². The molecule has 1 aromatic heterocycles. The minimum absolute atomic E-state index is 0.0323. The van der Waals surface area contributed by atoms with Gasteiger partial charge in [-0.1, -0.05) is 12.1 Å². The molecule has 2 N–H and O–H groups in total. The summed E-state index contributed by atoms with van der Waals surface area (Å²) < 4.78 is 5.22. The Morgan fingerprint density at radius 2 is 1.94 bits per heavy atom. The third kappa shape index (κ3) is 3.80. The van der Waals surface area contributed by atoms with E-state index < -0.39 is 11.0 Å². The smallest absolute Gasteiger partial charge is 0.228 e. The predicted octanol–water partition coefficient (Wildman–Crippen LogP) is 2.67. The van der Waals surface area contributed by atoms with E-state index in [1.165, 1.54) is 18.4 Å². The van der Waals surface area contributed by atoms with Gasteiger partial charge in [0.1, 0.15) is 5.75 Å². The number of aliphatic hydroxyl groups is 1. The van der Waals surface area contributed by atoms with E-state index in [1.54, 1.807) is 19.2 Å². The number of fused-ring (bicyclic) bond motifs is 1. The summed E-state index contributed by atoms with van der Waals surface area (Å²) in [7, 11) is 1.57. The summed E-state index contributed by atoms with van der Waals surface area (Å²) in [5.41, 5.74) is 1.64. The fourth-order valence-electron chi connectivity index (χ4n) is 7.05. The highest BCUT2D eigenvalue weighted by molar-refractivity contribution is 5.78. The van der Waals surface area contributed by atoms with Crippen LogP contribution in [0.1, 0.15) is 48.9 Å². The van der Waals surface area contributed by atoms with E-state index in [0.717, 1.165) is 37.4 Å². The van der Waals surface area contributed by atoms with Gasteiger partial charge < -0.3 is 19.8 Å². The Kier molecular flexibility index (Phi) is 5.53. The second-order valence-corrected chi connectivity index (χ2v) is 11.0. The van der Waals surface area contributed by atoms with Crippen molar-refractivity contribution in [3.63, 3.8) is 0 Å². The van der Waals surface area contributed by atoms with Gasteiger partial charge in [-0.25, -0.2) is 4.98 Å². The minimum Gasteiger partial charge on any atom is -0.508 e. The average Bonchev–Trinajstić information content (AvgIpc) is 3.68. The molecule has 0 radical (unpaired) electrons. The summed E-state index contributed by atoms with van der Waals surface area (Å²) in [6.45, 7) is 3.14. The number of phenols is 1. The lowest BCUT2D eigenvalue weighted by atomic mass is 9.52. The number of carbonyl (C=O) groups is 1. The molecule has 3 atom stereocenters. The van der Waals surface area contributed by atoms with E-state index in [2.05, 4.69) is 9.88 Å². The molecule has 1 aromatic carbocycles. The van der Waals surface area contributed by atoms with Crippen LogP contribution in [-0.4, -0.2) is 75.8 Å². The van der Waals surface area contributed by atoms with E-state index in [0.29, 0.717) is 37.5 Å². The SMILES string of the molecule is COc1cccc(CC(=O)N2CCC34CCN(CC5CC5)C(Cc5ccc(O)cc53)C4(O)CC2)n1. The van der Waals surface area contributed by atoms with E-state index in [4.69, 9.17) is 4.74 Å². The fourth-order valence-corrected chi connectivity index (χ4v) is 7.05. The van der Waals surface area contributed by atoms with Crippen molar-refractivity contribution < 1.29 is 19.7 Å². The number of amides is 1. The lowest BCUT2D eigenvalue weighted by Crippen LogP contribution is -2.71. The van der Waals surface area contributed by atoms with Crippen molar-refractivity contribution in [3.05, 3.63) is 53.2 Å². The molecule has 1 saturated carbocycles. The van der Waals surface area contributed by atoms with Crippen LogP contribution in [0.3, 0.4) is 0 Å². The van der Waals surface area contributed by atoms with Crippen LogP contribution in [0.25, 0.3) is 0 Å². The number of rotatable bonds is 5. The molecule has 2 bridgehead atoms. The molecule has 2 aliphatic carbocycles. The van der Waals surface area contributed by atoms with Gasteiger partial charge >= 0.3 is 0 Å². The number of ether oxygens (including phenoxy) is 1. The molecular formula is C28H35N3O4. The standard InChI is InChI=1S/C28H35N3O4/c1-35-25-4-2-3-21(29-25)16-26(33)30-12-9-27-10-13-31(18-19-5-6-19)24(28(27,34)11-14-30)15-20-7-8-22(32)17-23(20)27/h2-4,7-8,17,19,24,32,34H,5-6,9-16,18H2,1H3. The molecule has 186 valence electrons. The molecule has 3 unspecified atom stereocenters. The summed E-state index contributed by atoms with van der Waals surface area (Å²) in [6.07, 6.45) is 5.69. The summed E-state index contributed by atoms with van der Waals surface area (Å²) in [6, 6.07) is 11.2. The van der Waals surface area contributed by atoms with E-state index >= 15 is 0 Å². The highest BCUT2D eigenvalue weighted by atomic mass is 16.5. The number of carbonyl (C=O) groups excluding carboxylic acids is 1. The largest absolute Gasteiger partial charge is 0.508 e. The van der Waals surface area contributed by atoms with Crippen LogP contribution in [0.15, 0.2) is 36.4 Å². The van der Waals surface area contributed by atoms with Crippen LogP contribution in [-0.2, 0) is 23.1 Å². The van der Waals surface area contributed by atoms with Crippen molar-refractivity contribution in [2.75, 3.05) is 33.3 Å². The molecule has 6 rings (SSSR count). The molecule has 35 heavy (non-hydrogen) atoms. The lowest BCUT2D eigenvalue weighted by molar-refractivity contribution is -0.149. The Balaban J connectivity index is 1.31. The normalized spacial score (nSPS) is 30.2. The number of hydrogen-bond acceptors (Lipinski definition) is 6. The molecule has 4 aliphatic rings. The van der Waals surface area contributed by atoms with Gasteiger partial charge in [-0.05, 0) is 80.3 Å². The first-order valence-electron chi connectivity index (χ1n) is 13.0. The van der Waals surface area contributed by atoms with Crippen LogP contribution < -0.4 is 4.74 Å². The number of aromatic hydroxyl groups is 1. The Morgan fingerprint density at radius 3 is 2.74 bits per heavy atom. The molecule has 7 nitrogen and oxygen atoms in total. The third-order valence-corrected chi connectivity index (χ3v) is 9.11. The highest BCUT2D eigenvalue weighted by Gasteiger charge is 2.63. The molecule has 2 saturated heterocycles. The van der Waals surface area contributed by atoms with Gasteiger partial charge in [0, 0.05) is 37.2 Å². The number of benzene rings is 1. The second kappa shape index (κ2) is 8.49. The van der Waals surface area contributed by atoms with E-state index in [9.17, 15) is 15.0 Å². The second-order valence-electron chi connectivity index (χ2n) is 11.0. The molecule has 1 amide bonds. The molecule has 7 heteroatoms. The topological polar surface area (TPSA) is 86.1 Å². The van der Waals surface area contributed by atoms with Gasteiger partial charge in [-0.3, -0.25) is 9.69 Å². The molecule has 2 aromatic rings. The zero-order chi connectivity index (χ0) is 24.2. The lowest BCUT2D eigenvalue weighted by Gasteiger charge is -2.61. The number of aromatic nitrogens is 1. The van der Waals surface area contributed by atoms with Crippen molar-refractivity contribution >= 4 is 5.91 Å². The van der Waals surface area contributed by atoms with E-state index in [-0.39, 0.29) is 24.1 Å². The first-order chi connectivity index (χ1) is 16.9. The first kappa shape index (κ1) is 22.8. The van der Waals surface area contributed by atoms with Crippen LogP contribution >= 0.6 is 0 Å². The van der Waals surface area contributed by atoms with Crippen molar-refractivity contribution in [3.8, 4) is 11.6 Å². The number of pyridine rings is 1. The van der Waals surface area contributed by atoms with Gasteiger partial charge in [0.2, 0.25) is 11.8 Å². The van der Waals surface area contributed by atoms with Gasteiger partial charge in [-0.2, -0.15) is 0 Å². The van der Waals surface area contributed by atoms with Crippen molar-refractivity contribution in [2.45, 2.75) is 62.0 Å². The summed E-state index contributed by atoms with van der Waals surface area (Å²) in [5, 5.41) is 22.9. The molecule has 3 heterocycles. The Labute approximate surface area is 206 Å². The van der Waals surface area contributed by atoms with Gasteiger partial charge in [0.15, 0.2) is 0 Å². The zero-order valence-electron chi connectivity index (χ0n) is 20.4. The van der Waals surface area contributed by atoms with Crippen LogP contribution in [0.4, 0.5) is 0 Å². The highest BCUT2D eigenvalue weighted by Crippen LogP contribution is 2.56. The van der Waals surface area contributed by atoms with Gasteiger partial charge in [0.25, 0.3) is 0 Å². The fraction of sp³-hybridized carbons (Fsp3) is 0.571. The van der Waals surface area contributed by atoms with Crippen molar-refractivity contribution in [2.24, 2.45) is 5.92 Å². The Bertz CT molecular complexity index is 1130. The maximum Gasteiger partial charge on any atom is 0.228 e. The van der Waals surface area contributed by atoms with Crippen molar-refractivity contribution in [1.29, 1.82) is 0 Å². The van der Waals surface area contributed by atoms with Gasteiger partial charge in [-0.15, -0.1) is 0 Å². The number of piperidine rings is 1. The maximum atomic E-state index is 13.4. The monoisotopic (exact) mass is 477 g/mol. The molecule has 2 aliphatic heterocycles. The zero-order valence-corrected chi connectivity index (χ0v) is 20.4. The Morgan fingerprint density at radius 1 is 1.14 bits per heavy atom. The first-order valence-corrected chi connectivity index (χ1v) is 13.0. The minimum atomic E-state index is -0.926. The molecular weight excluding hydrogens is 442 g/mol. The number of nitrogens with zero attached hydrogens (tertiary/aromatic N) is 3. The van der Waals surface area contributed by atoms with Crippen LogP contribution in [0, 0.1) is 5.92 Å². The number of methoxy groups -OCH3 is 1. The van der Waals surface area contributed by atoms with Gasteiger partial charge in [0.05, 0.1) is 24.8 Å². The average molecular weight is 478 g/mol. The Hall–Kier alpha value is -2.64. The van der Waals surface area contributed by atoms with Crippen molar-refractivity contribution in [1.82, 2.24) is 14.8 Å².